The van der Waals surface area contributed by atoms with Crippen molar-refractivity contribution in [3.63, 3.8) is 0 Å². The molecule has 1 aliphatic heterocycles. The van der Waals surface area contributed by atoms with Crippen molar-refractivity contribution in [3.8, 4) is 17.2 Å². The molecule has 178 valence electrons. The molecule has 0 spiro atoms. The maximum absolute atomic E-state index is 11.9. The van der Waals surface area contributed by atoms with Crippen LogP contribution >= 0.6 is 0 Å². The van der Waals surface area contributed by atoms with Gasteiger partial charge in [0.1, 0.15) is 23.1 Å². The van der Waals surface area contributed by atoms with Gasteiger partial charge in [-0.25, -0.2) is 13.1 Å². The molecule has 0 unspecified atom stereocenters. The average molecular weight is 468 g/mol. The molecule has 1 atom stereocenters. The van der Waals surface area contributed by atoms with Crippen LogP contribution in [-0.4, -0.2) is 68.8 Å². The third-order valence-electron chi connectivity index (χ3n) is 5.63. The zero-order valence-electron chi connectivity index (χ0n) is 19.6. The minimum Gasteiger partial charge on any atom is -0.496 e. The Labute approximate surface area is 189 Å². The number of hydrogen-bond donors (Lipinski definition) is 1. The molecule has 0 aliphatic carbocycles. The first-order valence-corrected chi connectivity index (χ1v) is 12.5. The van der Waals surface area contributed by atoms with Crippen molar-refractivity contribution in [2.75, 3.05) is 40.7 Å². The first-order chi connectivity index (χ1) is 15.2. The van der Waals surface area contributed by atoms with Gasteiger partial charge >= 0.3 is 0 Å². The number of nitrogens with one attached hydrogen (secondary N) is 1. The van der Waals surface area contributed by atoms with Crippen molar-refractivity contribution in [2.24, 2.45) is 5.92 Å². The highest BCUT2D eigenvalue weighted by Crippen LogP contribution is 2.35. The van der Waals surface area contributed by atoms with Crippen molar-refractivity contribution < 1.29 is 22.6 Å². The fraction of sp³-hybridized carbons (Fsp3) is 0.619. The van der Waals surface area contributed by atoms with E-state index in [1.807, 2.05) is 30.5 Å². The van der Waals surface area contributed by atoms with Crippen molar-refractivity contribution >= 4 is 10.0 Å². The molecule has 10 nitrogen and oxygen atoms in total. The second kappa shape index (κ2) is 10.1. The molecule has 0 bridgehead atoms. The number of ether oxygens (including phenoxy) is 3. The lowest BCUT2D eigenvalue weighted by Crippen LogP contribution is -2.33. The summed E-state index contributed by atoms with van der Waals surface area (Å²) < 4.78 is 45.1. The highest BCUT2D eigenvalue weighted by Gasteiger charge is 2.28. The highest BCUT2D eigenvalue weighted by molar-refractivity contribution is 7.88. The molecule has 1 aromatic heterocycles. The lowest BCUT2D eigenvalue weighted by Gasteiger charge is -2.24. The SMILES string of the molecule is COc1cc(OC)c(CN2CCc3nnc([C@@H](NS(C)(=O)=O)C(C)C)n3CC2)c(OC)c1. The van der Waals surface area contributed by atoms with E-state index in [-0.39, 0.29) is 5.92 Å². The third-order valence-corrected chi connectivity index (χ3v) is 6.31. The Kier molecular flexibility index (Phi) is 7.63. The molecule has 0 fully saturated rings. The number of nitrogens with zero attached hydrogens (tertiary/aromatic N) is 4. The minimum absolute atomic E-state index is 0.0326. The Hall–Kier alpha value is -2.37. The fourth-order valence-corrected chi connectivity index (χ4v) is 4.79. The van der Waals surface area contributed by atoms with E-state index in [9.17, 15) is 8.42 Å². The van der Waals surface area contributed by atoms with Crippen molar-refractivity contribution in [2.45, 2.75) is 39.4 Å². The molecule has 2 aromatic rings. The first kappa shape index (κ1) is 24.3. The zero-order chi connectivity index (χ0) is 23.5. The predicted octanol–water partition coefficient (Wildman–Crippen LogP) is 1.61. The Morgan fingerprint density at radius 2 is 1.69 bits per heavy atom. The largest absolute Gasteiger partial charge is 0.496 e. The second-order valence-corrected chi connectivity index (χ2v) is 10.1. The summed E-state index contributed by atoms with van der Waals surface area (Å²) in [4.78, 5) is 2.31. The molecule has 0 saturated carbocycles. The number of benzene rings is 1. The second-order valence-electron chi connectivity index (χ2n) is 8.27. The molecule has 2 heterocycles. The standard InChI is InChI=1S/C21H33N5O5S/c1-14(2)20(24-32(6,27)28)21-23-22-19-7-8-25(9-10-26(19)21)13-16-17(30-4)11-15(29-3)12-18(16)31-5/h11-12,14,20,24H,7-10,13H2,1-6H3/t20-/m0/s1. The summed E-state index contributed by atoms with van der Waals surface area (Å²) >= 11 is 0. The maximum atomic E-state index is 11.9. The molecule has 1 aromatic carbocycles. The minimum atomic E-state index is -3.38. The van der Waals surface area contributed by atoms with E-state index >= 15 is 0 Å². The van der Waals surface area contributed by atoms with Crippen LogP contribution in [0.3, 0.4) is 0 Å². The predicted molar refractivity (Wildman–Crippen MR) is 121 cm³/mol. The molecule has 1 aliphatic rings. The lowest BCUT2D eigenvalue weighted by atomic mass is 10.1. The molecule has 0 saturated heterocycles. The number of hydrogen-bond acceptors (Lipinski definition) is 8. The summed E-state index contributed by atoms with van der Waals surface area (Å²) in [6.07, 6.45) is 1.87. The molecule has 0 amide bonds. The Balaban J connectivity index is 1.82. The van der Waals surface area contributed by atoms with E-state index in [1.165, 1.54) is 6.26 Å². The van der Waals surface area contributed by atoms with Crippen LogP contribution < -0.4 is 18.9 Å². The Morgan fingerprint density at radius 1 is 1.03 bits per heavy atom. The van der Waals surface area contributed by atoms with Gasteiger partial charge in [0.05, 0.1) is 39.2 Å². The number of fused-ring (bicyclic) bond motifs is 1. The van der Waals surface area contributed by atoms with Gasteiger partial charge in [-0.3, -0.25) is 4.90 Å². The summed E-state index contributed by atoms with van der Waals surface area (Å²) in [6, 6.07) is 3.28. The normalized spacial score (nSPS) is 15.8. The van der Waals surface area contributed by atoms with E-state index in [2.05, 4.69) is 19.8 Å². The van der Waals surface area contributed by atoms with Crippen LogP contribution in [0.4, 0.5) is 0 Å². The van der Waals surface area contributed by atoms with E-state index in [4.69, 9.17) is 14.2 Å². The smallest absolute Gasteiger partial charge is 0.209 e. The summed E-state index contributed by atoms with van der Waals surface area (Å²) in [5.74, 6) is 3.64. The number of sulfonamides is 1. The van der Waals surface area contributed by atoms with Crippen LogP contribution in [0.25, 0.3) is 0 Å². The van der Waals surface area contributed by atoms with Crippen molar-refractivity contribution in [3.05, 3.63) is 29.3 Å². The molecular formula is C21H33N5O5S. The third kappa shape index (κ3) is 5.51. The molecule has 3 rings (SSSR count). The number of aromatic nitrogens is 3. The first-order valence-electron chi connectivity index (χ1n) is 10.6. The van der Waals surface area contributed by atoms with Gasteiger partial charge in [0, 0.05) is 44.7 Å². The number of rotatable bonds is 9. The van der Waals surface area contributed by atoms with Gasteiger partial charge in [-0.1, -0.05) is 13.8 Å². The van der Waals surface area contributed by atoms with Gasteiger partial charge in [0.2, 0.25) is 10.0 Å². The summed E-state index contributed by atoms with van der Waals surface area (Å²) in [6.45, 7) is 6.76. The van der Waals surface area contributed by atoms with E-state index < -0.39 is 16.1 Å². The van der Waals surface area contributed by atoms with Crippen LogP contribution in [0.2, 0.25) is 0 Å². The van der Waals surface area contributed by atoms with E-state index in [1.54, 1.807) is 21.3 Å². The summed E-state index contributed by atoms with van der Waals surface area (Å²) in [5.41, 5.74) is 0.951. The summed E-state index contributed by atoms with van der Waals surface area (Å²) in [7, 11) is 1.49. The molecule has 1 N–H and O–H groups in total. The van der Waals surface area contributed by atoms with Crippen LogP contribution in [0.15, 0.2) is 12.1 Å². The van der Waals surface area contributed by atoms with E-state index in [0.29, 0.717) is 42.6 Å². The topological polar surface area (TPSA) is 108 Å². The molecule has 0 radical (unpaired) electrons. The fourth-order valence-electron chi connectivity index (χ4n) is 3.95. The van der Waals surface area contributed by atoms with Crippen LogP contribution in [0, 0.1) is 5.92 Å². The van der Waals surface area contributed by atoms with Gasteiger partial charge in [0.15, 0.2) is 5.82 Å². The number of methoxy groups -OCH3 is 3. The maximum Gasteiger partial charge on any atom is 0.209 e. The highest BCUT2D eigenvalue weighted by atomic mass is 32.2. The molecule has 32 heavy (non-hydrogen) atoms. The van der Waals surface area contributed by atoms with Gasteiger partial charge in [-0.05, 0) is 5.92 Å². The van der Waals surface area contributed by atoms with Crippen LogP contribution in [0.5, 0.6) is 17.2 Å². The quantitative estimate of drug-likeness (QED) is 0.593. The molecular weight excluding hydrogens is 434 g/mol. The monoisotopic (exact) mass is 467 g/mol. The van der Waals surface area contributed by atoms with Gasteiger partial charge < -0.3 is 18.8 Å². The van der Waals surface area contributed by atoms with Crippen LogP contribution in [0.1, 0.15) is 37.1 Å². The van der Waals surface area contributed by atoms with E-state index in [0.717, 1.165) is 24.5 Å². The molecule has 11 heteroatoms. The zero-order valence-corrected chi connectivity index (χ0v) is 20.4. The Morgan fingerprint density at radius 3 is 2.22 bits per heavy atom. The van der Waals surface area contributed by atoms with Crippen molar-refractivity contribution in [1.29, 1.82) is 0 Å². The Bertz CT molecular complexity index is 1010. The van der Waals surface area contributed by atoms with Gasteiger partial charge in [-0.2, -0.15) is 0 Å². The van der Waals surface area contributed by atoms with Gasteiger partial charge in [0.25, 0.3) is 0 Å². The summed E-state index contributed by atoms with van der Waals surface area (Å²) in [5, 5.41) is 8.71. The van der Waals surface area contributed by atoms with Crippen LogP contribution in [-0.2, 0) is 29.5 Å². The average Bonchev–Trinajstić information content (AvgIpc) is 3.04. The van der Waals surface area contributed by atoms with Crippen molar-refractivity contribution in [1.82, 2.24) is 24.4 Å². The van der Waals surface area contributed by atoms with Gasteiger partial charge in [-0.15, -0.1) is 10.2 Å². The lowest BCUT2D eigenvalue weighted by molar-refractivity contribution is 0.258.